The first-order valence-corrected chi connectivity index (χ1v) is 8.60. The molecular formula is C13H19Cl2NO3S. The van der Waals surface area contributed by atoms with Gasteiger partial charge in [-0.05, 0) is 25.0 Å². The molecule has 0 unspecified atom stereocenters. The maximum atomic E-state index is 12.3. The maximum absolute atomic E-state index is 12.3. The molecule has 4 nitrogen and oxygen atoms in total. The Hall–Kier alpha value is -0.330. The number of hydrogen-bond donors (Lipinski definition) is 2. The van der Waals surface area contributed by atoms with Crippen LogP contribution in [0.15, 0.2) is 23.1 Å². The highest BCUT2D eigenvalue weighted by Crippen LogP contribution is 2.30. The first-order chi connectivity index (χ1) is 9.32. The number of rotatable bonds is 7. The molecule has 0 saturated carbocycles. The van der Waals surface area contributed by atoms with Crippen molar-refractivity contribution >= 4 is 33.2 Å². The predicted octanol–water partition coefficient (Wildman–Crippen LogP) is 3.07. The van der Waals surface area contributed by atoms with Crippen LogP contribution >= 0.6 is 23.2 Å². The summed E-state index contributed by atoms with van der Waals surface area (Å²) in [4.78, 5) is -0.0503. The second-order valence-corrected chi connectivity index (χ2v) is 7.26. The Balaban J connectivity index is 2.99. The molecule has 20 heavy (non-hydrogen) atoms. The van der Waals surface area contributed by atoms with Crippen molar-refractivity contribution in [3.05, 3.63) is 28.2 Å². The van der Waals surface area contributed by atoms with Crippen LogP contribution in [0.2, 0.25) is 10.0 Å². The number of benzene rings is 1. The molecule has 0 aliphatic carbocycles. The van der Waals surface area contributed by atoms with E-state index >= 15 is 0 Å². The molecule has 114 valence electrons. The monoisotopic (exact) mass is 339 g/mol. The van der Waals surface area contributed by atoms with Gasteiger partial charge in [-0.15, -0.1) is 0 Å². The number of aliphatic hydroxyl groups is 1. The molecule has 0 aliphatic rings. The molecule has 2 N–H and O–H groups in total. The highest BCUT2D eigenvalue weighted by atomic mass is 35.5. The average molecular weight is 340 g/mol. The lowest BCUT2D eigenvalue weighted by atomic mass is 9.84. The Kier molecular flexibility index (Phi) is 6.28. The third-order valence-electron chi connectivity index (χ3n) is 3.68. The number of halogens is 2. The van der Waals surface area contributed by atoms with Crippen LogP contribution in [-0.2, 0) is 10.0 Å². The van der Waals surface area contributed by atoms with E-state index in [0.29, 0.717) is 12.8 Å². The molecule has 0 saturated heterocycles. The molecule has 0 fully saturated rings. The van der Waals surface area contributed by atoms with Crippen molar-refractivity contribution < 1.29 is 13.5 Å². The number of sulfonamides is 1. The second-order valence-electron chi connectivity index (χ2n) is 4.74. The summed E-state index contributed by atoms with van der Waals surface area (Å²) in [6.07, 6.45) is 1.34. The minimum Gasteiger partial charge on any atom is -0.396 e. The Morgan fingerprint density at radius 1 is 1.25 bits per heavy atom. The van der Waals surface area contributed by atoms with Crippen molar-refractivity contribution in [1.82, 2.24) is 4.72 Å². The van der Waals surface area contributed by atoms with Gasteiger partial charge in [0.1, 0.15) is 4.90 Å². The summed E-state index contributed by atoms with van der Waals surface area (Å²) in [7, 11) is -3.75. The molecular weight excluding hydrogens is 321 g/mol. The SMILES string of the molecule is CCC(CC)(CO)CNS(=O)(=O)c1cccc(Cl)c1Cl. The van der Waals surface area contributed by atoms with Crippen LogP contribution < -0.4 is 4.72 Å². The van der Waals surface area contributed by atoms with Crippen molar-refractivity contribution in [3.63, 3.8) is 0 Å². The Labute approximate surface area is 130 Å². The lowest BCUT2D eigenvalue weighted by Crippen LogP contribution is -2.39. The van der Waals surface area contributed by atoms with Crippen LogP contribution in [0.1, 0.15) is 26.7 Å². The molecule has 0 amide bonds. The summed E-state index contributed by atoms with van der Waals surface area (Å²) in [5.41, 5.74) is -0.460. The van der Waals surface area contributed by atoms with Crippen LogP contribution in [0.5, 0.6) is 0 Å². The molecule has 1 aromatic rings. The highest BCUT2D eigenvalue weighted by molar-refractivity contribution is 7.89. The molecule has 0 heterocycles. The van der Waals surface area contributed by atoms with Gasteiger partial charge < -0.3 is 5.11 Å². The molecule has 1 aromatic carbocycles. The van der Waals surface area contributed by atoms with E-state index in [1.54, 1.807) is 0 Å². The molecule has 0 bridgehead atoms. The smallest absolute Gasteiger partial charge is 0.242 e. The van der Waals surface area contributed by atoms with Gasteiger partial charge in [0.15, 0.2) is 0 Å². The van der Waals surface area contributed by atoms with Crippen LogP contribution in [0, 0.1) is 5.41 Å². The van der Waals surface area contributed by atoms with E-state index in [-0.39, 0.29) is 28.1 Å². The van der Waals surface area contributed by atoms with Crippen molar-refractivity contribution in [2.45, 2.75) is 31.6 Å². The van der Waals surface area contributed by atoms with Gasteiger partial charge in [-0.25, -0.2) is 13.1 Å². The fraction of sp³-hybridized carbons (Fsp3) is 0.538. The summed E-state index contributed by atoms with van der Waals surface area (Å²) in [5.74, 6) is 0. The van der Waals surface area contributed by atoms with E-state index in [1.165, 1.54) is 18.2 Å². The Morgan fingerprint density at radius 3 is 2.35 bits per heavy atom. The van der Waals surface area contributed by atoms with Crippen LogP contribution in [0.4, 0.5) is 0 Å². The quantitative estimate of drug-likeness (QED) is 0.802. The molecule has 1 rings (SSSR count). The van der Waals surface area contributed by atoms with Gasteiger partial charge in [0.2, 0.25) is 10.0 Å². The first-order valence-electron chi connectivity index (χ1n) is 6.36. The third kappa shape index (κ3) is 3.86. The molecule has 0 atom stereocenters. The van der Waals surface area contributed by atoms with E-state index in [0.717, 1.165) is 0 Å². The Bertz CT molecular complexity index is 548. The molecule has 7 heteroatoms. The van der Waals surface area contributed by atoms with E-state index in [1.807, 2.05) is 13.8 Å². The Morgan fingerprint density at radius 2 is 1.85 bits per heavy atom. The largest absolute Gasteiger partial charge is 0.396 e. The van der Waals surface area contributed by atoms with Crippen molar-refractivity contribution in [2.24, 2.45) is 5.41 Å². The summed E-state index contributed by atoms with van der Waals surface area (Å²) < 4.78 is 27.0. The third-order valence-corrected chi connectivity index (χ3v) is 6.05. The number of nitrogens with one attached hydrogen (secondary N) is 1. The summed E-state index contributed by atoms with van der Waals surface area (Å²) in [5, 5.41) is 9.65. The summed E-state index contributed by atoms with van der Waals surface area (Å²) in [6, 6.07) is 4.45. The van der Waals surface area contributed by atoms with Gasteiger partial charge in [0.05, 0.1) is 10.0 Å². The van der Waals surface area contributed by atoms with Gasteiger partial charge in [-0.1, -0.05) is 43.1 Å². The molecule has 0 spiro atoms. The van der Waals surface area contributed by atoms with Crippen molar-refractivity contribution in [1.29, 1.82) is 0 Å². The van der Waals surface area contributed by atoms with E-state index < -0.39 is 15.4 Å². The van der Waals surface area contributed by atoms with Crippen LogP contribution in [0.3, 0.4) is 0 Å². The second kappa shape index (κ2) is 7.09. The minimum absolute atomic E-state index is 0.00395. The normalized spacial score (nSPS) is 12.7. The topological polar surface area (TPSA) is 66.4 Å². The van der Waals surface area contributed by atoms with Crippen LogP contribution in [-0.4, -0.2) is 26.7 Å². The zero-order chi connectivity index (χ0) is 15.4. The van der Waals surface area contributed by atoms with Gasteiger partial charge >= 0.3 is 0 Å². The predicted molar refractivity (Wildman–Crippen MR) is 81.8 cm³/mol. The van der Waals surface area contributed by atoms with E-state index in [9.17, 15) is 13.5 Å². The van der Waals surface area contributed by atoms with E-state index in [4.69, 9.17) is 23.2 Å². The molecule has 0 radical (unpaired) electrons. The summed E-state index contributed by atoms with van der Waals surface area (Å²) in [6.45, 7) is 3.91. The molecule has 0 aliphatic heterocycles. The minimum atomic E-state index is -3.75. The zero-order valence-corrected chi connectivity index (χ0v) is 13.8. The lowest BCUT2D eigenvalue weighted by Gasteiger charge is -2.29. The zero-order valence-electron chi connectivity index (χ0n) is 11.5. The average Bonchev–Trinajstić information content (AvgIpc) is 2.44. The van der Waals surface area contributed by atoms with Crippen molar-refractivity contribution in [2.75, 3.05) is 13.2 Å². The number of aliphatic hydroxyl groups excluding tert-OH is 1. The van der Waals surface area contributed by atoms with E-state index in [2.05, 4.69) is 4.72 Å². The fourth-order valence-corrected chi connectivity index (χ4v) is 3.71. The standard InChI is InChI=1S/C13H19Cl2NO3S/c1-3-13(4-2,9-17)8-16-20(18,19)11-7-5-6-10(14)12(11)15/h5-7,16-17H,3-4,8-9H2,1-2H3. The van der Waals surface area contributed by atoms with Gasteiger partial charge in [-0.3, -0.25) is 0 Å². The fourth-order valence-electron chi connectivity index (χ4n) is 1.80. The highest BCUT2D eigenvalue weighted by Gasteiger charge is 2.28. The first kappa shape index (κ1) is 17.7. The lowest BCUT2D eigenvalue weighted by molar-refractivity contribution is 0.119. The maximum Gasteiger partial charge on any atom is 0.242 e. The van der Waals surface area contributed by atoms with Crippen LogP contribution in [0.25, 0.3) is 0 Å². The summed E-state index contributed by atoms with van der Waals surface area (Å²) >= 11 is 11.8. The molecule has 0 aromatic heterocycles. The van der Waals surface area contributed by atoms with Gasteiger partial charge in [0, 0.05) is 18.6 Å². The van der Waals surface area contributed by atoms with Crippen molar-refractivity contribution in [3.8, 4) is 0 Å². The number of hydrogen-bond acceptors (Lipinski definition) is 3. The van der Waals surface area contributed by atoms with Gasteiger partial charge in [0.25, 0.3) is 0 Å². The van der Waals surface area contributed by atoms with Gasteiger partial charge in [-0.2, -0.15) is 0 Å².